The lowest BCUT2D eigenvalue weighted by molar-refractivity contribution is -0.151. The summed E-state index contributed by atoms with van der Waals surface area (Å²) < 4.78 is 10.9. The fraction of sp³-hybridized carbons (Fsp3) is 0.731. The predicted molar refractivity (Wildman–Crippen MR) is 126 cm³/mol. The average molecular weight is 429 g/mol. The Morgan fingerprint density at radius 3 is 2.45 bits per heavy atom. The van der Waals surface area contributed by atoms with Crippen LogP contribution in [0.15, 0.2) is 18.2 Å². The number of esters is 1. The van der Waals surface area contributed by atoms with Gasteiger partial charge in [-0.3, -0.25) is 4.79 Å². The average Bonchev–Trinajstić information content (AvgIpc) is 3.25. The number of methoxy groups -OCH3 is 1. The fourth-order valence-corrected chi connectivity index (χ4v) is 5.66. The Labute approximate surface area is 187 Å². The van der Waals surface area contributed by atoms with Crippen molar-refractivity contribution in [2.24, 2.45) is 5.92 Å². The molecular weight excluding hydrogens is 388 g/mol. The number of benzene rings is 1. The maximum atomic E-state index is 12.7. The van der Waals surface area contributed by atoms with Gasteiger partial charge in [-0.05, 0) is 62.1 Å². The molecule has 3 fully saturated rings. The van der Waals surface area contributed by atoms with E-state index in [4.69, 9.17) is 9.47 Å². The maximum absolute atomic E-state index is 12.7. The summed E-state index contributed by atoms with van der Waals surface area (Å²) in [5, 5.41) is 3.89. The number of nitrogens with one attached hydrogen (secondary N) is 1. The van der Waals surface area contributed by atoms with Crippen LogP contribution in [-0.2, 0) is 19.7 Å². The van der Waals surface area contributed by atoms with Crippen LogP contribution >= 0.6 is 0 Å². The van der Waals surface area contributed by atoms with E-state index in [0.29, 0.717) is 18.0 Å². The number of carbonyl (C=O) groups excluding carboxylic acids is 1. The molecule has 5 nitrogen and oxygen atoms in total. The van der Waals surface area contributed by atoms with Crippen LogP contribution in [0.3, 0.4) is 0 Å². The molecule has 0 amide bonds. The van der Waals surface area contributed by atoms with Gasteiger partial charge in [-0.1, -0.05) is 39.2 Å². The van der Waals surface area contributed by atoms with E-state index in [0.717, 1.165) is 57.4 Å². The molecule has 1 aliphatic heterocycles. The van der Waals surface area contributed by atoms with E-state index in [-0.39, 0.29) is 5.97 Å². The normalized spacial score (nSPS) is 21.7. The van der Waals surface area contributed by atoms with Crippen LogP contribution in [0.5, 0.6) is 0 Å². The van der Waals surface area contributed by atoms with Crippen molar-refractivity contribution in [2.75, 3.05) is 37.1 Å². The van der Waals surface area contributed by atoms with E-state index in [2.05, 4.69) is 42.3 Å². The van der Waals surface area contributed by atoms with Crippen LogP contribution in [0.25, 0.3) is 0 Å². The molecule has 0 radical (unpaired) electrons. The number of rotatable bonds is 8. The van der Waals surface area contributed by atoms with Gasteiger partial charge in [0.1, 0.15) is 0 Å². The lowest BCUT2D eigenvalue weighted by atomic mass is 9.64. The third-order valence-corrected chi connectivity index (χ3v) is 7.55. The minimum atomic E-state index is -0.457. The first kappa shape index (κ1) is 22.4. The van der Waals surface area contributed by atoms with Crippen LogP contribution in [0.4, 0.5) is 11.4 Å². The highest BCUT2D eigenvalue weighted by atomic mass is 16.5. The van der Waals surface area contributed by atoms with Crippen molar-refractivity contribution in [2.45, 2.75) is 89.1 Å². The summed E-state index contributed by atoms with van der Waals surface area (Å²) in [6, 6.07) is 7.77. The molecule has 0 aromatic heterocycles. The molecular formula is C26H40N2O3. The van der Waals surface area contributed by atoms with Crippen molar-refractivity contribution in [3.05, 3.63) is 23.8 Å². The standard InChI is InChI=1S/C26H40N2O3/c1-19(2)18-28(22-11-15-31-16-12-22)24-10-9-20(26(13-6-14-26)25(29)30-3)17-23(24)27-21-7-4-5-8-21/h9-10,17,19,21-22,27H,4-8,11-16,18H2,1-3H3. The lowest BCUT2D eigenvalue weighted by Crippen LogP contribution is -2.44. The molecule has 1 aromatic carbocycles. The second-order valence-corrected chi connectivity index (χ2v) is 10.2. The molecule has 4 rings (SSSR count). The first-order chi connectivity index (χ1) is 15.0. The highest BCUT2D eigenvalue weighted by molar-refractivity contribution is 5.86. The van der Waals surface area contributed by atoms with Crippen LogP contribution in [0.2, 0.25) is 0 Å². The quantitative estimate of drug-likeness (QED) is 0.571. The van der Waals surface area contributed by atoms with Gasteiger partial charge < -0.3 is 19.7 Å². The zero-order valence-electron chi connectivity index (χ0n) is 19.6. The third kappa shape index (κ3) is 4.72. The Morgan fingerprint density at radius 1 is 1.16 bits per heavy atom. The molecule has 5 heteroatoms. The van der Waals surface area contributed by atoms with Gasteiger partial charge in [0.05, 0.1) is 23.9 Å². The highest BCUT2D eigenvalue weighted by Crippen LogP contribution is 2.47. The second-order valence-electron chi connectivity index (χ2n) is 10.2. The predicted octanol–water partition coefficient (Wildman–Crippen LogP) is 5.28. The number of hydrogen-bond donors (Lipinski definition) is 1. The van der Waals surface area contributed by atoms with Crippen molar-refractivity contribution in [1.29, 1.82) is 0 Å². The van der Waals surface area contributed by atoms with Crippen LogP contribution in [0, 0.1) is 5.92 Å². The van der Waals surface area contributed by atoms with E-state index in [9.17, 15) is 4.79 Å². The number of ether oxygens (including phenoxy) is 2. The zero-order chi connectivity index (χ0) is 21.8. The molecule has 1 heterocycles. The van der Waals surface area contributed by atoms with E-state index >= 15 is 0 Å². The summed E-state index contributed by atoms with van der Waals surface area (Å²) in [6.45, 7) is 7.31. The number of anilines is 2. The zero-order valence-corrected chi connectivity index (χ0v) is 19.6. The molecule has 0 unspecified atom stereocenters. The maximum Gasteiger partial charge on any atom is 0.316 e. The molecule has 1 aromatic rings. The number of carbonyl (C=O) groups is 1. The van der Waals surface area contributed by atoms with Crippen molar-refractivity contribution in [3.63, 3.8) is 0 Å². The van der Waals surface area contributed by atoms with Gasteiger partial charge in [0, 0.05) is 31.8 Å². The van der Waals surface area contributed by atoms with Gasteiger partial charge in [0.15, 0.2) is 0 Å². The molecule has 0 bridgehead atoms. The Morgan fingerprint density at radius 2 is 1.87 bits per heavy atom. The second kappa shape index (κ2) is 9.81. The van der Waals surface area contributed by atoms with Crippen molar-refractivity contribution in [3.8, 4) is 0 Å². The fourth-order valence-electron chi connectivity index (χ4n) is 5.66. The van der Waals surface area contributed by atoms with Crippen LogP contribution in [0.1, 0.15) is 77.2 Å². The molecule has 0 spiro atoms. The molecule has 31 heavy (non-hydrogen) atoms. The molecule has 0 atom stereocenters. The van der Waals surface area contributed by atoms with E-state index in [1.54, 1.807) is 0 Å². The van der Waals surface area contributed by atoms with Gasteiger partial charge in [-0.2, -0.15) is 0 Å². The monoisotopic (exact) mass is 428 g/mol. The highest BCUT2D eigenvalue weighted by Gasteiger charge is 2.47. The molecule has 2 saturated carbocycles. The van der Waals surface area contributed by atoms with Gasteiger partial charge >= 0.3 is 5.97 Å². The Bertz CT molecular complexity index is 747. The first-order valence-corrected chi connectivity index (χ1v) is 12.4. The summed E-state index contributed by atoms with van der Waals surface area (Å²) in [5.74, 6) is 0.497. The van der Waals surface area contributed by atoms with Crippen LogP contribution in [-0.4, -0.2) is 44.9 Å². The minimum absolute atomic E-state index is 0.0817. The summed E-state index contributed by atoms with van der Waals surface area (Å²) >= 11 is 0. The topological polar surface area (TPSA) is 50.8 Å². The summed E-state index contributed by atoms with van der Waals surface area (Å²) in [7, 11) is 1.52. The Kier molecular flexibility index (Phi) is 7.10. The minimum Gasteiger partial charge on any atom is -0.468 e. The smallest absolute Gasteiger partial charge is 0.316 e. The molecule has 1 saturated heterocycles. The van der Waals surface area contributed by atoms with Crippen molar-refractivity contribution >= 4 is 17.3 Å². The van der Waals surface area contributed by atoms with Crippen molar-refractivity contribution in [1.82, 2.24) is 0 Å². The first-order valence-electron chi connectivity index (χ1n) is 12.4. The van der Waals surface area contributed by atoms with Crippen LogP contribution < -0.4 is 10.2 Å². The largest absolute Gasteiger partial charge is 0.468 e. The third-order valence-electron chi connectivity index (χ3n) is 7.55. The van der Waals surface area contributed by atoms with Gasteiger partial charge in [-0.25, -0.2) is 0 Å². The number of nitrogens with zero attached hydrogens (tertiary/aromatic N) is 1. The van der Waals surface area contributed by atoms with E-state index < -0.39 is 5.41 Å². The molecule has 172 valence electrons. The summed E-state index contributed by atoms with van der Waals surface area (Å²) in [5.41, 5.74) is 3.15. The lowest BCUT2D eigenvalue weighted by Gasteiger charge is -2.41. The molecule has 2 aliphatic carbocycles. The van der Waals surface area contributed by atoms with E-state index in [1.807, 2.05) is 0 Å². The van der Waals surface area contributed by atoms with Gasteiger partial charge in [-0.15, -0.1) is 0 Å². The Hall–Kier alpha value is -1.75. The van der Waals surface area contributed by atoms with Gasteiger partial charge in [0.25, 0.3) is 0 Å². The molecule has 3 aliphatic rings. The van der Waals surface area contributed by atoms with E-state index in [1.165, 1.54) is 44.2 Å². The van der Waals surface area contributed by atoms with Gasteiger partial charge in [0.2, 0.25) is 0 Å². The van der Waals surface area contributed by atoms with Crippen molar-refractivity contribution < 1.29 is 14.3 Å². The molecule has 1 N–H and O–H groups in total. The summed E-state index contributed by atoms with van der Waals surface area (Å²) in [4.78, 5) is 15.3. The summed E-state index contributed by atoms with van der Waals surface area (Å²) in [6.07, 6.45) is 10.1. The SMILES string of the molecule is COC(=O)C1(c2ccc(N(CC(C)C)C3CCOCC3)c(NC3CCCC3)c2)CCC1. The number of hydrogen-bond acceptors (Lipinski definition) is 5. The Balaban J connectivity index is 1.71.